The zero-order chi connectivity index (χ0) is 4.50. The van der Waals surface area contributed by atoms with Crippen molar-refractivity contribution in [1.29, 1.82) is 0 Å². The van der Waals surface area contributed by atoms with Gasteiger partial charge in [-0.2, -0.15) is 7.82 Å². The standard InChI is InChI=1S/K.H3N.Na.H3O4P/c;;;1-5(2,3)4/h;1H3;;(H3,1,2,3,4)/q+1;;+1;/p-2. The fourth-order valence-corrected chi connectivity index (χ4v) is 0. The fraction of sp³-hybridized carbons (Fsp3) is 0. The smallest absolute Gasteiger partial charge is 0.822 e. The summed E-state index contributed by atoms with van der Waals surface area (Å²) in [5.74, 6) is 0. The van der Waals surface area contributed by atoms with Crippen LogP contribution in [0.5, 0.6) is 0 Å². The monoisotopic (exact) mass is 175 g/mol. The van der Waals surface area contributed by atoms with Crippen molar-refractivity contribution >= 4 is 7.82 Å². The van der Waals surface area contributed by atoms with E-state index in [9.17, 15) is 0 Å². The quantitative estimate of drug-likeness (QED) is 0.290. The third kappa shape index (κ3) is 70.6. The Morgan fingerprint density at radius 3 is 1.12 bits per heavy atom. The minimum atomic E-state index is -5.39. The molecule has 5 nitrogen and oxygen atoms in total. The largest absolute Gasteiger partial charge is 1.00 e. The second-order valence-electron chi connectivity index (χ2n) is 0.447. The zero-order valence-electron chi connectivity index (χ0n) is 5.08. The predicted octanol–water partition coefficient (Wildman–Crippen LogP) is -8.44. The van der Waals surface area contributed by atoms with Gasteiger partial charge in [0.25, 0.3) is 0 Å². The van der Waals surface area contributed by atoms with Crippen LogP contribution in [0.25, 0.3) is 0 Å². The molecule has 0 aliphatic rings. The molecule has 0 spiro atoms. The minimum Gasteiger partial charge on any atom is -0.822 e. The molecule has 0 rings (SSSR count). The van der Waals surface area contributed by atoms with Crippen molar-refractivity contribution in [2.75, 3.05) is 0 Å². The Morgan fingerprint density at radius 2 is 1.12 bits per heavy atom. The molecule has 0 fully saturated rings. The third-order valence-corrected chi connectivity index (χ3v) is 0. The van der Waals surface area contributed by atoms with Gasteiger partial charge in [-0.3, -0.25) is 0 Å². The van der Waals surface area contributed by atoms with Crippen molar-refractivity contribution < 1.29 is 100 Å². The molecule has 4 N–H and O–H groups in total. The third-order valence-electron chi connectivity index (χ3n) is 0. The topological polar surface area (TPSA) is 123 Å². The number of rotatable bonds is 0. The predicted molar refractivity (Wildman–Crippen MR) is 13.6 cm³/mol. The molecule has 0 heterocycles. The van der Waals surface area contributed by atoms with E-state index in [0.717, 1.165) is 0 Å². The van der Waals surface area contributed by atoms with Gasteiger partial charge in [-0.15, -0.1) is 0 Å². The molecule has 0 bridgehead atoms. The molecule has 0 saturated carbocycles. The summed E-state index contributed by atoms with van der Waals surface area (Å²) in [4.78, 5) is 25.6. The number of quaternary nitrogens is 1. The van der Waals surface area contributed by atoms with Crippen molar-refractivity contribution in [2.45, 2.75) is 0 Å². The van der Waals surface area contributed by atoms with E-state index in [1.807, 2.05) is 0 Å². The van der Waals surface area contributed by atoms with Crippen LogP contribution in [-0.2, 0) is 4.57 Å². The zero-order valence-corrected chi connectivity index (χ0v) is 11.1. The average Bonchev–Trinajstić information content (AvgIpc) is 0.722. The first-order chi connectivity index (χ1) is 2.00. The van der Waals surface area contributed by atoms with Gasteiger partial charge in [-0.1, -0.05) is 0 Å². The Balaban J connectivity index is -0.0000000267. The van der Waals surface area contributed by atoms with Crippen molar-refractivity contribution in [1.82, 2.24) is 6.15 Å². The van der Waals surface area contributed by atoms with E-state index in [0.29, 0.717) is 0 Å². The van der Waals surface area contributed by atoms with Gasteiger partial charge in [0.1, 0.15) is 0 Å². The van der Waals surface area contributed by atoms with E-state index in [1.165, 1.54) is 0 Å². The molecule has 8 heteroatoms. The molecule has 0 aromatic heterocycles. The molecular weight excluding hydrogens is 171 g/mol. The molecule has 0 aliphatic heterocycles. The Kier molecular flexibility index (Phi) is 27.2. The SMILES string of the molecule is O=P([O-])([O-])[O-].[K+].[NH4+].[Na+]. The van der Waals surface area contributed by atoms with Gasteiger partial charge in [0.05, 0.1) is 0 Å². The summed E-state index contributed by atoms with van der Waals surface area (Å²) in [6, 6.07) is 0. The van der Waals surface area contributed by atoms with Gasteiger partial charge in [0.15, 0.2) is 0 Å². The van der Waals surface area contributed by atoms with Gasteiger partial charge in [-0.05, 0) is 0 Å². The molecule has 0 saturated heterocycles. The second-order valence-corrected chi connectivity index (χ2v) is 1.34. The van der Waals surface area contributed by atoms with Crippen LogP contribution in [-0.4, -0.2) is 0 Å². The molecule has 0 aliphatic carbocycles. The van der Waals surface area contributed by atoms with E-state index in [1.54, 1.807) is 0 Å². The number of hydrogen-bond donors (Lipinski definition) is 1. The Bertz CT molecular complexity index is 62.2. The Labute approximate surface area is 112 Å². The van der Waals surface area contributed by atoms with Crippen LogP contribution < -0.4 is 102 Å². The summed E-state index contributed by atoms with van der Waals surface area (Å²) in [6.07, 6.45) is 0. The summed E-state index contributed by atoms with van der Waals surface area (Å²) >= 11 is 0. The average molecular weight is 175 g/mol. The van der Waals surface area contributed by atoms with E-state index in [4.69, 9.17) is 19.2 Å². The Hall–Kier alpha value is 2.71. The summed E-state index contributed by atoms with van der Waals surface area (Å²) in [5, 5.41) is 0. The molecular formula is H4KNNaO4P. The summed E-state index contributed by atoms with van der Waals surface area (Å²) in [6.45, 7) is 0. The molecule has 0 aromatic carbocycles. The molecule has 0 aromatic rings. The fourth-order valence-electron chi connectivity index (χ4n) is 0. The minimum absolute atomic E-state index is 0. The number of hydrogen-bond acceptors (Lipinski definition) is 4. The van der Waals surface area contributed by atoms with Gasteiger partial charge in [0.2, 0.25) is 0 Å². The first kappa shape index (κ1) is 22.4. The second kappa shape index (κ2) is 9.71. The van der Waals surface area contributed by atoms with Crippen molar-refractivity contribution in [3.8, 4) is 0 Å². The van der Waals surface area contributed by atoms with Crippen LogP contribution in [0.2, 0.25) is 0 Å². The molecule has 40 valence electrons. The molecule has 0 atom stereocenters. The van der Waals surface area contributed by atoms with E-state index >= 15 is 0 Å². The van der Waals surface area contributed by atoms with Crippen molar-refractivity contribution in [3.05, 3.63) is 0 Å². The van der Waals surface area contributed by atoms with Crippen LogP contribution in [0.4, 0.5) is 0 Å². The van der Waals surface area contributed by atoms with Crippen molar-refractivity contribution in [2.24, 2.45) is 0 Å². The maximum Gasteiger partial charge on any atom is 1.00 e. The van der Waals surface area contributed by atoms with Gasteiger partial charge >= 0.3 is 80.9 Å². The van der Waals surface area contributed by atoms with Crippen LogP contribution >= 0.6 is 7.82 Å². The van der Waals surface area contributed by atoms with Crippen LogP contribution in [0.15, 0.2) is 0 Å². The van der Waals surface area contributed by atoms with Crippen LogP contribution in [0.3, 0.4) is 0 Å². The van der Waals surface area contributed by atoms with Crippen LogP contribution in [0, 0.1) is 0 Å². The van der Waals surface area contributed by atoms with E-state index in [2.05, 4.69) is 0 Å². The van der Waals surface area contributed by atoms with Gasteiger partial charge in [-0.25, -0.2) is 0 Å². The molecule has 0 radical (unpaired) electrons. The van der Waals surface area contributed by atoms with E-state index < -0.39 is 7.82 Å². The Morgan fingerprint density at radius 1 is 1.12 bits per heavy atom. The van der Waals surface area contributed by atoms with Gasteiger partial charge in [0, 0.05) is 0 Å². The summed E-state index contributed by atoms with van der Waals surface area (Å²) < 4.78 is 8.55. The summed E-state index contributed by atoms with van der Waals surface area (Å²) in [7, 11) is -5.39. The van der Waals surface area contributed by atoms with E-state index in [-0.39, 0.29) is 87.1 Å². The molecule has 0 amide bonds. The molecule has 8 heavy (non-hydrogen) atoms. The maximum atomic E-state index is 8.55. The summed E-state index contributed by atoms with van der Waals surface area (Å²) in [5.41, 5.74) is 0. The maximum absolute atomic E-state index is 8.55. The normalized spacial score (nSPS) is 7.38. The first-order valence-electron chi connectivity index (χ1n) is 0.730. The van der Waals surface area contributed by atoms with Crippen molar-refractivity contribution in [3.63, 3.8) is 0 Å². The van der Waals surface area contributed by atoms with Crippen LogP contribution in [0.1, 0.15) is 0 Å². The molecule has 0 unspecified atom stereocenters. The number of phosphoric acid groups is 1. The van der Waals surface area contributed by atoms with Gasteiger partial charge < -0.3 is 25.4 Å². The first-order valence-corrected chi connectivity index (χ1v) is 2.19.